The van der Waals surface area contributed by atoms with E-state index in [4.69, 9.17) is 0 Å². The van der Waals surface area contributed by atoms with Crippen molar-refractivity contribution < 1.29 is 27.5 Å². The molecule has 0 fully saturated rings. The van der Waals surface area contributed by atoms with Gasteiger partial charge in [0.25, 0.3) is 0 Å². The van der Waals surface area contributed by atoms with Crippen LogP contribution in [0.3, 0.4) is 0 Å². The highest BCUT2D eigenvalue weighted by molar-refractivity contribution is 5.91. The second-order valence-electron chi connectivity index (χ2n) is 3.44. The standard InChI is InChI=1S/C11H11NO2.ClH/c1-7-6-12(14)8(2)9-4-3-5-10(13)11(7)9;/h3-6H,1-2H3,(H-,13,14);1H. The van der Waals surface area contributed by atoms with E-state index in [0.29, 0.717) is 0 Å². The van der Waals surface area contributed by atoms with Crippen LogP contribution < -0.4 is 17.1 Å². The lowest BCUT2D eigenvalue weighted by atomic mass is 10.1. The molecule has 0 amide bonds. The first kappa shape index (κ1) is 11.6. The predicted molar refractivity (Wildman–Crippen MR) is 52.5 cm³/mol. The number of fused-ring (bicyclic) bond motifs is 1. The minimum absolute atomic E-state index is 0. The summed E-state index contributed by atoms with van der Waals surface area (Å²) >= 11 is 0. The Morgan fingerprint density at radius 2 is 1.87 bits per heavy atom. The predicted octanol–water partition coefficient (Wildman–Crippen LogP) is -1.31. The Morgan fingerprint density at radius 1 is 1.20 bits per heavy atom. The summed E-state index contributed by atoms with van der Waals surface area (Å²) in [5.41, 5.74) is 1.58. The van der Waals surface area contributed by atoms with Gasteiger partial charge in [0.05, 0.1) is 5.39 Å². The van der Waals surface area contributed by atoms with Crippen molar-refractivity contribution in [2.75, 3.05) is 0 Å². The van der Waals surface area contributed by atoms with Gasteiger partial charge in [-0.25, -0.2) is 0 Å². The van der Waals surface area contributed by atoms with Crippen LogP contribution in [0.2, 0.25) is 0 Å². The van der Waals surface area contributed by atoms with E-state index in [-0.39, 0.29) is 18.2 Å². The van der Waals surface area contributed by atoms with Crippen molar-refractivity contribution in [3.8, 4) is 5.75 Å². The number of nitrogens with zero attached hydrogens (tertiary/aromatic N) is 1. The number of aryl methyl sites for hydroxylation is 2. The summed E-state index contributed by atoms with van der Waals surface area (Å²) in [5, 5.41) is 20.9. The molecule has 0 unspecified atom stereocenters. The van der Waals surface area contributed by atoms with Crippen molar-refractivity contribution in [3.63, 3.8) is 0 Å². The van der Waals surface area contributed by atoms with E-state index in [1.807, 2.05) is 13.0 Å². The van der Waals surface area contributed by atoms with Crippen LogP contribution in [-0.4, -0.2) is 10.3 Å². The molecule has 2 aromatic rings. The zero-order chi connectivity index (χ0) is 10.3. The number of rotatable bonds is 0. The molecule has 2 N–H and O–H groups in total. The van der Waals surface area contributed by atoms with E-state index >= 15 is 0 Å². The van der Waals surface area contributed by atoms with Gasteiger partial charge in [0, 0.05) is 22.6 Å². The number of phenolic OH excluding ortho intramolecular Hbond substituents is 1. The number of aromatic nitrogens is 1. The monoisotopic (exact) mass is 225 g/mol. The first-order valence-electron chi connectivity index (χ1n) is 4.44. The molecule has 0 radical (unpaired) electrons. The van der Waals surface area contributed by atoms with E-state index in [1.54, 1.807) is 25.3 Å². The largest absolute Gasteiger partial charge is 1.00 e. The molecule has 0 bridgehead atoms. The van der Waals surface area contributed by atoms with Gasteiger partial charge in [-0.15, -0.1) is 0 Å². The number of phenols is 1. The maximum absolute atomic E-state index is 9.68. The third-order valence-electron chi connectivity index (χ3n) is 2.49. The Morgan fingerprint density at radius 3 is 2.53 bits per heavy atom. The third-order valence-corrected chi connectivity index (χ3v) is 2.49. The molecule has 0 atom stereocenters. The fourth-order valence-corrected chi connectivity index (χ4v) is 1.72. The van der Waals surface area contributed by atoms with Crippen molar-refractivity contribution in [1.29, 1.82) is 0 Å². The first-order chi connectivity index (χ1) is 6.61. The van der Waals surface area contributed by atoms with Crippen LogP contribution in [0.15, 0.2) is 24.4 Å². The topological polar surface area (TPSA) is 44.3 Å². The van der Waals surface area contributed by atoms with E-state index in [9.17, 15) is 10.3 Å². The Bertz CT molecular complexity index is 511. The molecule has 0 aliphatic carbocycles. The third kappa shape index (κ3) is 1.70. The molecule has 0 spiro atoms. The van der Waals surface area contributed by atoms with Gasteiger partial charge in [-0.3, -0.25) is 5.21 Å². The summed E-state index contributed by atoms with van der Waals surface area (Å²) in [6.45, 7) is 3.66. The van der Waals surface area contributed by atoms with Gasteiger partial charge in [-0.2, -0.15) is 0 Å². The normalized spacial score (nSPS) is 10.0. The number of benzene rings is 1. The van der Waals surface area contributed by atoms with Crippen molar-refractivity contribution >= 4 is 10.8 Å². The number of aromatic hydroxyl groups is 1. The van der Waals surface area contributed by atoms with Gasteiger partial charge in [0.1, 0.15) is 5.75 Å². The highest BCUT2D eigenvalue weighted by atomic mass is 35.5. The summed E-state index contributed by atoms with van der Waals surface area (Å²) < 4.78 is 1.08. The Hall–Kier alpha value is -1.48. The SMILES string of the molecule is Cc1c[n+](O)c(C)c2cccc(O)c12.[Cl-]. The van der Waals surface area contributed by atoms with Gasteiger partial charge in [-0.05, 0) is 19.1 Å². The van der Waals surface area contributed by atoms with E-state index in [0.717, 1.165) is 26.8 Å². The second-order valence-corrected chi connectivity index (χ2v) is 3.44. The van der Waals surface area contributed by atoms with Crippen molar-refractivity contribution in [1.82, 2.24) is 0 Å². The van der Waals surface area contributed by atoms with Crippen LogP contribution in [0.5, 0.6) is 5.75 Å². The molecule has 0 saturated heterocycles. The summed E-state index contributed by atoms with van der Waals surface area (Å²) in [6, 6.07) is 5.30. The molecular formula is C11H12ClNO2. The van der Waals surface area contributed by atoms with Gasteiger partial charge in [-0.1, -0.05) is 6.07 Å². The zero-order valence-electron chi connectivity index (χ0n) is 8.53. The molecule has 15 heavy (non-hydrogen) atoms. The number of hydrogen-bond acceptors (Lipinski definition) is 2. The lowest BCUT2D eigenvalue weighted by molar-refractivity contribution is -0.908. The summed E-state index contributed by atoms with van der Waals surface area (Å²) in [4.78, 5) is 0. The molecule has 4 heteroatoms. The quantitative estimate of drug-likeness (QED) is 0.432. The van der Waals surface area contributed by atoms with Crippen molar-refractivity contribution in [2.45, 2.75) is 13.8 Å². The Balaban J connectivity index is 0.00000112. The fourth-order valence-electron chi connectivity index (χ4n) is 1.72. The van der Waals surface area contributed by atoms with Crippen LogP contribution >= 0.6 is 0 Å². The van der Waals surface area contributed by atoms with E-state index < -0.39 is 0 Å². The van der Waals surface area contributed by atoms with Crippen molar-refractivity contribution in [3.05, 3.63) is 35.7 Å². The van der Waals surface area contributed by atoms with Crippen LogP contribution in [0.25, 0.3) is 10.8 Å². The molecule has 0 aliphatic rings. The molecule has 1 heterocycles. The average Bonchev–Trinajstić information content (AvgIpc) is 2.14. The lowest BCUT2D eigenvalue weighted by Crippen LogP contribution is -3.00. The molecule has 1 aromatic carbocycles. The molecule has 2 rings (SSSR count). The maximum Gasteiger partial charge on any atom is 0.238 e. The van der Waals surface area contributed by atoms with Gasteiger partial charge in [0.2, 0.25) is 11.9 Å². The molecule has 1 aromatic heterocycles. The number of halogens is 1. The number of hydrogen-bond donors (Lipinski definition) is 2. The van der Waals surface area contributed by atoms with Crippen molar-refractivity contribution in [2.24, 2.45) is 0 Å². The van der Waals surface area contributed by atoms with Crippen LogP contribution in [0, 0.1) is 13.8 Å². The van der Waals surface area contributed by atoms with Crippen LogP contribution in [0.1, 0.15) is 11.3 Å². The first-order valence-corrected chi connectivity index (χ1v) is 4.44. The summed E-state index contributed by atoms with van der Waals surface area (Å²) in [6.07, 6.45) is 1.59. The fraction of sp³-hybridized carbons (Fsp3) is 0.182. The van der Waals surface area contributed by atoms with Gasteiger partial charge >= 0.3 is 0 Å². The lowest BCUT2D eigenvalue weighted by Gasteiger charge is -2.03. The minimum atomic E-state index is 0. The van der Waals surface area contributed by atoms with E-state index in [1.165, 1.54) is 0 Å². The van der Waals surface area contributed by atoms with Gasteiger partial charge < -0.3 is 17.5 Å². The number of pyridine rings is 1. The van der Waals surface area contributed by atoms with E-state index in [2.05, 4.69) is 0 Å². The zero-order valence-corrected chi connectivity index (χ0v) is 9.28. The molecule has 0 saturated carbocycles. The highest BCUT2D eigenvalue weighted by Crippen LogP contribution is 2.27. The average molecular weight is 226 g/mol. The highest BCUT2D eigenvalue weighted by Gasteiger charge is 2.14. The summed E-state index contributed by atoms with van der Waals surface area (Å²) in [5.74, 6) is 0.253. The molecule has 0 aliphatic heterocycles. The van der Waals surface area contributed by atoms with Gasteiger partial charge in [0.15, 0.2) is 0 Å². The second kappa shape index (κ2) is 3.95. The summed E-state index contributed by atoms with van der Waals surface area (Å²) in [7, 11) is 0. The Labute approximate surface area is 94.0 Å². The molecule has 3 nitrogen and oxygen atoms in total. The van der Waals surface area contributed by atoms with Crippen LogP contribution in [-0.2, 0) is 0 Å². The van der Waals surface area contributed by atoms with Crippen LogP contribution in [0.4, 0.5) is 0 Å². The minimum Gasteiger partial charge on any atom is -1.00 e. The molecule has 80 valence electrons. The Kier molecular flexibility index (Phi) is 3.05. The maximum atomic E-state index is 9.68. The smallest absolute Gasteiger partial charge is 0.238 e. The molecular weight excluding hydrogens is 214 g/mol.